The Kier molecular flexibility index (Phi) is 5.46. The van der Waals surface area contributed by atoms with Crippen LogP contribution in [-0.4, -0.2) is 36.6 Å². The van der Waals surface area contributed by atoms with Gasteiger partial charge >= 0.3 is 0 Å². The third-order valence-corrected chi connectivity index (χ3v) is 3.35. The van der Waals surface area contributed by atoms with E-state index in [9.17, 15) is 9.90 Å². The third-order valence-electron chi connectivity index (χ3n) is 3.35. The molecule has 122 valence electrons. The number of nitrogens with one attached hydrogen (secondary N) is 1. The van der Waals surface area contributed by atoms with Gasteiger partial charge in [0, 0.05) is 26.2 Å². The summed E-state index contributed by atoms with van der Waals surface area (Å²) in [6, 6.07) is 12.3. The number of benzene rings is 2. The largest absolute Gasteiger partial charge is 0.508 e. The van der Waals surface area contributed by atoms with Crippen molar-refractivity contribution < 1.29 is 14.6 Å². The fraction of sp³-hybridized carbons (Fsp3) is 0.278. The van der Waals surface area contributed by atoms with Crippen molar-refractivity contribution in [2.45, 2.75) is 13.5 Å². The molecular formula is C18H22N2O3. The number of phenolic OH excluding ortho intramolecular Hbond substituents is 1. The molecule has 0 aliphatic heterocycles. The fourth-order valence-corrected chi connectivity index (χ4v) is 2.15. The Hall–Kier alpha value is -2.69. The minimum absolute atomic E-state index is 0.0549. The van der Waals surface area contributed by atoms with E-state index in [1.54, 1.807) is 49.3 Å². The number of phenols is 1. The van der Waals surface area contributed by atoms with Crippen molar-refractivity contribution in [3.63, 3.8) is 0 Å². The lowest BCUT2D eigenvalue weighted by molar-refractivity contribution is 0.0827. The summed E-state index contributed by atoms with van der Waals surface area (Å²) in [6.45, 7) is 3.04. The maximum atomic E-state index is 12.1. The molecule has 5 heteroatoms. The number of amides is 1. The summed E-state index contributed by atoms with van der Waals surface area (Å²) in [6.07, 6.45) is 0. The predicted octanol–water partition coefficient (Wildman–Crippen LogP) is 3.10. The first-order valence-electron chi connectivity index (χ1n) is 7.51. The smallest absolute Gasteiger partial charge is 0.253 e. The molecule has 2 N–H and O–H groups in total. The van der Waals surface area contributed by atoms with Gasteiger partial charge in [-0.25, -0.2) is 0 Å². The summed E-state index contributed by atoms with van der Waals surface area (Å²) in [5, 5.41) is 12.6. The predicted molar refractivity (Wildman–Crippen MR) is 91.1 cm³/mol. The summed E-state index contributed by atoms with van der Waals surface area (Å²) in [5.74, 6) is 0.893. The summed E-state index contributed by atoms with van der Waals surface area (Å²) < 4.78 is 5.61. The summed E-state index contributed by atoms with van der Waals surface area (Å²) in [5.41, 5.74) is 2.40. The molecule has 0 bridgehead atoms. The highest BCUT2D eigenvalue weighted by Gasteiger charge is 2.12. The first-order valence-corrected chi connectivity index (χ1v) is 7.51. The van der Waals surface area contributed by atoms with Crippen molar-refractivity contribution in [1.82, 2.24) is 4.90 Å². The number of nitrogens with zero attached hydrogens (tertiary/aromatic N) is 1. The Balaban J connectivity index is 2.21. The van der Waals surface area contributed by atoms with Crippen LogP contribution in [0.4, 0.5) is 5.69 Å². The maximum Gasteiger partial charge on any atom is 0.253 e. The van der Waals surface area contributed by atoms with Crippen LogP contribution in [0.2, 0.25) is 0 Å². The Morgan fingerprint density at radius 3 is 2.48 bits per heavy atom. The molecule has 2 aromatic rings. The average Bonchev–Trinajstić information content (AvgIpc) is 2.55. The van der Waals surface area contributed by atoms with Gasteiger partial charge in [-0.2, -0.15) is 0 Å². The molecule has 5 nitrogen and oxygen atoms in total. The minimum Gasteiger partial charge on any atom is -0.508 e. The van der Waals surface area contributed by atoms with E-state index in [-0.39, 0.29) is 11.7 Å². The second-order valence-electron chi connectivity index (χ2n) is 5.36. The van der Waals surface area contributed by atoms with Crippen molar-refractivity contribution in [3.8, 4) is 11.5 Å². The van der Waals surface area contributed by atoms with Crippen LogP contribution in [0.5, 0.6) is 11.5 Å². The van der Waals surface area contributed by atoms with Crippen molar-refractivity contribution in [2.75, 3.05) is 26.0 Å². The number of rotatable bonds is 6. The molecular weight excluding hydrogens is 292 g/mol. The van der Waals surface area contributed by atoms with Gasteiger partial charge in [-0.05, 0) is 42.8 Å². The second-order valence-corrected chi connectivity index (χ2v) is 5.36. The van der Waals surface area contributed by atoms with E-state index in [0.29, 0.717) is 24.5 Å². The third kappa shape index (κ3) is 4.39. The number of carbonyl (C=O) groups is 1. The Bertz CT molecular complexity index is 666. The van der Waals surface area contributed by atoms with Crippen molar-refractivity contribution in [1.29, 1.82) is 0 Å². The van der Waals surface area contributed by atoms with Gasteiger partial charge in [0.15, 0.2) is 0 Å². The normalized spacial score (nSPS) is 10.2. The summed E-state index contributed by atoms with van der Waals surface area (Å²) in [4.78, 5) is 13.6. The van der Waals surface area contributed by atoms with Crippen LogP contribution < -0.4 is 10.1 Å². The molecule has 0 saturated heterocycles. The number of anilines is 1. The van der Waals surface area contributed by atoms with Gasteiger partial charge in [0.05, 0.1) is 12.3 Å². The lowest BCUT2D eigenvalue weighted by atomic mass is 10.1. The quantitative estimate of drug-likeness (QED) is 0.860. The van der Waals surface area contributed by atoms with E-state index >= 15 is 0 Å². The van der Waals surface area contributed by atoms with E-state index in [1.807, 2.05) is 19.1 Å². The van der Waals surface area contributed by atoms with Gasteiger partial charge in [-0.1, -0.05) is 12.1 Å². The van der Waals surface area contributed by atoms with Crippen LogP contribution in [0.3, 0.4) is 0 Å². The molecule has 2 aromatic carbocycles. The van der Waals surface area contributed by atoms with Crippen LogP contribution in [-0.2, 0) is 6.54 Å². The highest BCUT2D eigenvalue weighted by Crippen LogP contribution is 2.27. The zero-order valence-electron chi connectivity index (χ0n) is 13.7. The Morgan fingerprint density at radius 2 is 1.87 bits per heavy atom. The van der Waals surface area contributed by atoms with E-state index in [4.69, 9.17) is 4.74 Å². The average molecular weight is 314 g/mol. The van der Waals surface area contributed by atoms with E-state index in [2.05, 4.69) is 5.32 Å². The van der Waals surface area contributed by atoms with Gasteiger partial charge < -0.3 is 20.1 Å². The molecule has 0 fully saturated rings. The molecule has 2 rings (SSSR count). The molecule has 0 atom stereocenters. The van der Waals surface area contributed by atoms with Gasteiger partial charge in [-0.15, -0.1) is 0 Å². The second kappa shape index (κ2) is 7.54. The topological polar surface area (TPSA) is 61.8 Å². The number of aromatic hydroxyl groups is 1. The molecule has 0 aliphatic carbocycles. The molecule has 1 amide bonds. The van der Waals surface area contributed by atoms with Gasteiger partial charge in [0.25, 0.3) is 5.91 Å². The van der Waals surface area contributed by atoms with Crippen LogP contribution in [0.25, 0.3) is 0 Å². The number of ether oxygens (including phenoxy) is 1. The lowest BCUT2D eigenvalue weighted by Gasteiger charge is -2.16. The Morgan fingerprint density at radius 1 is 1.17 bits per heavy atom. The first-order chi connectivity index (χ1) is 11.0. The standard InChI is InChI=1S/C18H22N2O3/c1-4-23-17-10-7-14(18(22)20(2)3)11-16(17)19-12-13-5-8-15(21)9-6-13/h5-11,19,21H,4,12H2,1-3H3. The molecule has 0 unspecified atom stereocenters. The fourth-order valence-electron chi connectivity index (χ4n) is 2.15. The van der Waals surface area contributed by atoms with Gasteiger partial charge in [-0.3, -0.25) is 4.79 Å². The molecule has 23 heavy (non-hydrogen) atoms. The number of hydrogen-bond acceptors (Lipinski definition) is 4. The van der Waals surface area contributed by atoms with Crippen LogP contribution in [0, 0.1) is 0 Å². The lowest BCUT2D eigenvalue weighted by Crippen LogP contribution is -2.21. The highest BCUT2D eigenvalue weighted by atomic mass is 16.5. The van der Waals surface area contributed by atoms with Crippen LogP contribution in [0.15, 0.2) is 42.5 Å². The SMILES string of the molecule is CCOc1ccc(C(=O)N(C)C)cc1NCc1ccc(O)cc1. The Labute approximate surface area is 136 Å². The molecule has 0 aromatic heterocycles. The monoisotopic (exact) mass is 314 g/mol. The van der Waals surface area contributed by atoms with Crippen LogP contribution >= 0.6 is 0 Å². The zero-order valence-corrected chi connectivity index (χ0v) is 13.7. The maximum absolute atomic E-state index is 12.1. The molecule has 0 radical (unpaired) electrons. The molecule has 0 saturated carbocycles. The van der Waals surface area contributed by atoms with E-state index in [1.165, 1.54) is 0 Å². The van der Waals surface area contributed by atoms with Crippen LogP contribution in [0.1, 0.15) is 22.8 Å². The van der Waals surface area contributed by atoms with Gasteiger partial charge in [0.2, 0.25) is 0 Å². The highest BCUT2D eigenvalue weighted by molar-refractivity contribution is 5.95. The molecule has 0 spiro atoms. The van der Waals surface area contributed by atoms with Gasteiger partial charge in [0.1, 0.15) is 11.5 Å². The van der Waals surface area contributed by atoms with Crippen molar-refractivity contribution >= 4 is 11.6 Å². The first kappa shape index (κ1) is 16.7. The number of hydrogen-bond donors (Lipinski definition) is 2. The van der Waals surface area contributed by atoms with E-state index < -0.39 is 0 Å². The van der Waals surface area contributed by atoms with E-state index in [0.717, 1.165) is 11.3 Å². The summed E-state index contributed by atoms with van der Waals surface area (Å²) >= 11 is 0. The van der Waals surface area contributed by atoms with Crippen molar-refractivity contribution in [2.24, 2.45) is 0 Å². The molecule has 0 heterocycles. The molecule has 0 aliphatic rings. The number of carbonyl (C=O) groups excluding carboxylic acids is 1. The zero-order chi connectivity index (χ0) is 16.8. The summed E-state index contributed by atoms with van der Waals surface area (Å²) in [7, 11) is 3.45. The van der Waals surface area contributed by atoms with Crippen molar-refractivity contribution in [3.05, 3.63) is 53.6 Å². The minimum atomic E-state index is -0.0549.